The predicted octanol–water partition coefficient (Wildman–Crippen LogP) is 1.50. The quantitative estimate of drug-likeness (QED) is 0.928. The molecule has 0 fully saturated rings. The Morgan fingerprint density at radius 2 is 2.00 bits per heavy atom. The smallest absolute Gasteiger partial charge is 0.243 e. The molecule has 0 atom stereocenters. The molecule has 0 radical (unpaired) electrons. The van der Waals surface area contributed by atoms with Gasteiger partial charge in [-0.2, -0.15) is 9.40 Å². The summed E-state index contributed by atoms with van der Waals surface area (Å²) in [6.45, 7) is 0.180. The van der Waals surface area contributed by atoms with Crippen molar-refractivity contribution >= 4 is 10.0 Å². The maximum atomic E-state index is 12.6. The van der Waals surface area contributed by atoms with Gasteiger partial charge in [-0.05, 0) is 48.9 Å². The minimum absolute atomic E-state index is 0.180. The first kappa shape index (κ1) is 14.2. The van der Waals surface area contributed by atoms with Crippen LogP contribution in [0, 0.1) is 0 Å². The summed E-state index contributed by atoms with van der Waals surface area (Å²) in [4.78, 5) is 4.31. The largest absolute Gasteiger partial charge is 0.262 e. The molecule has 0 spiro atoms. The Kier molecular flexibility index (Phi) is 3.77. The zero-order valence-electron chi connectivity index (χ0n) is 11.9. The number of nitrogens with one attached hydrogen (secondary N) is 1. The van der Waals surface area contributed by atoms with E-state index in [1.807, 2.05) is 12.1 Å². The second-order valence-corrected chi connectivity index (χ2v) is 7.38. The monoisotopic (exact) mass is 306 g/mol. The summed E-state index contributed by atoms with van der Waals surface area (Å²) in [7, 11) is -1.95. The maximum absolute atomic E-state index is 12.6. The van der Waals surface area contributed by atoms with E-state index in [9.17, 15) is 8.42 Å². The lowest BCUT2D eigenvalue weighted by Crippen LogP contribution is -2.27. The van der Waals surface area contributed by atoms with Gasteiger partial charge in [-0.3, -0.25) is 5.10 Å². The molecular formula is C14H18N4O2S. The molecule has 3 rings (SSSR count). The van der Waals surface area contributed by atoms with E-state index in [1.54, 1.807) is 13.1 Å². The fraction of sp³-hybridized carbons (Fsp3) is 0.429. The first-order valence-electron chi connectivity index (χ1n) is 7.00. The Morgan fingerprint density at radius 3 is 2.71 bits per heavy atom. The lowest BCUT2D eigenvalue weighted by Gasteiger charge is -2.19. The van der Waals surface area contributed by atoms with E-state index in [2.05, 4.69) is 15.2 Å². The van der Waals surface area contributed by atoms with Crippen LogP contribution in [0.15, 0.2) is 29.4 Å². The highest BCUT2D eigenvalue weighted by Crippen LogP contribution is 2.25. The van der Waals surface area contributed by atoms with E-state index in [1.165, 1.54) is 22.6 Å². The summed E-state index contributed by atoms with van der Waals surface area (Å²) in [6.07, 6.45) is 5.69. The SMILES string of the molecule is CN(Cc1ncn[nH]1)S(=O)(=O)c1ccc2c(c1)CCCC2. The highest BCUT2D eigenvalue weighted by molar-refractivity contribution is 7.89. The summed E-state index contributed by atoms with van der Waals surface area (Å²) in [5.74, 6) is 0.527. The van der Waals surface area contributed by atoms with Gasteiger partial charge in [-0.25, -0.2) is 13.4 Å². The number of benzene rings is 1. The normalized spacial score (nSPS) is 15.1. The van der Waals surface area contributed by atoms with Crippen LogP contribution in [0.4, 0.5) is 0 Å². The highest BCUT2D eigenvalue weighted by Gasteiger charge is 2.23. The van der Waals surface area contributed by atoms with Crippen LogP contribution in [-0.2, 0) is 29.4 Å². The zero-order chi connectivity index (χ0) is 14.9. The lowest BCUT2D eigenvalue weighted by atomic mass is 9.92. The van der Waals surface area contributed by atoms with Crippen molar-refractivity contribution in [3.8, 4) is 0 Å². The first-order chi connectivity index (χ1) is 10.1. The molecule has 0 amide bonds. The third-order valence-corrected chi connectivity index (χ3v) is 5.66. The van der Waals surface area contributed by atoms with E-state index < -0.39 is 10.0 Å². The van der Waals surface area contributed by atoms with Crippen LogP contribution in [-0.4, -0.2) is 35.0 Å². The van der Waals surface area contributed by atoms with Crippen molar-refractivity contribution in [2.24, 2.45) is 0 Å². The lowest BCUT2D eigenvalue weighted by molar-refractivity contribution is 0.457. The van der Waals surface area contributed by atoms with Crippen molar-refractivity contribution < 1.29 is 8.42 Å². The van der Waals surface area contributed by atoms with Crippen LogP contribution >= 0.6 is 0 Å². The standard InChI is InChI=1S/C14H18N4O2S/c1-18(9-14-15-10-16-17-14)21(19,20)13-7-6-11-4-2-3-5-12(11)8-13/h6-8,10H,2-5,9H2,1H3,(H,15,16,17). The van der Waals surface area contributed by atoms with Gasteiger partial charge < -0.3 is 0 Å². The van der Waals surface area contributed by atoms with E-state index in [0.29, 0.717) is 10.7 Å². The minimum atomic E-state index is -3.50. The van der Waals surface area contributed by atoms with Crippen LogP contribution in [0.1, 0.15) is 29.8 Å². The third kappa shape index (κ3) is 2.84. The second-order valence-electron chi connectivity index (χ2n) is 5.33. The second kappa shape index (κ2) is 5.57. The summed E-state index contributed by atoms with van der Waals surface area (Å²) in [5, 5.41) is 6.40. The molecule has 1 aromatic carbocycles. The van der Waals surface area contributed by atoms with Crippen LogP contribution in [0.3, 0.4) is 0 Å². The van der Waals surface area contributed by atoms with E-state index >= 15 is 0 Å². The highest BCUT2D eigenvalue weighted by atomic mass is 32.2. The molecule has 112 valence electrons. The van der Waals surface area contributed by atoms with Crippen LogP contribution in [0.5, 0.6) is 0 Å². The first-order valence-corrected chi connectivity index (χ1v) is 8.44. The molecule has 0 unspecified atom stereocenters. The van der Waals surface area contributed by atoms with Gasteiger partial charge in [0.15, 0.2) is 0 Å². The van der Waals surface area contributed by atoms with Gasteiger partial charge in [0.2, 0.25) is 10.0 Å². The van der Waals surface area contributed by atoms with Crippen molar-refractivity contribution in [1.82, 2.24) is 19.5 Å². The fourth-order valence-electron chi connectivity index (χ4n) is 2.65. The number of H-pyrrole nitrogens is 1. The van der Waals surface area contributed by atoms with Gasteiger partial charge in [0, 0.05) is 7.05 Å². The van der Waals surface area contributed by atoms with Crippen molar-refractivity contribution in [3.05, 3.63) is 41.5 Å². The number of rotatable bonds is 4. The minimum Gasteiger partial charge on any atom is -0.262 e. The topological polar surface area (TPSA) is 79.0 Å². The number of fused-ring (bicyclic) bond motifs is 1. The number of aromatic nitrogens is 3. The van der Waals surface area contributed by atoms with Crippen LogP contribution in [0.2, 0.25) is 0 Å². The number of aryl methyl sites for hydroxylation is 2. The Labute approximate surface area is 124 Å². The summed E-state index contributed by atoms with van der Waals surface area (Å²) in [5.41, 5.74) is 2.44. The Morgan fingerprint density at radius 1 is 1.24 bits per heavy atom. The Bertz CT molecular complexity index is 725. The molecule has 1 heterocycles. The molecule has 1 aliphatic carbocycles. The molecule has 2 aromatic rings. The molecule has 6 nitrogen and oxygen atoms in total. The van der Waals surface area contributed by atoms with E-state index in [4.69, 9.17) is 0 Å². The number of hydrogen-bond acceptors (Lipinski definition) is 4. The Hall–Kier alpha value is -1.73. The molecule has 0 saturated heterocycles. The van der Waals surface area contributed by atoms with Crippen molar-refractivity contribution in [2.45, 2.75) is 37.1 Å². The molecule has 0 bridgehead atoms. The summed E-state index contributed by atoms with van der Waals surface area (Å²) in [6, 6.07) is 5.47. The van der Waals surface area contributed by atoms with Gasteiger partial charge in [0.25, 0.3) is 0 Å². The zero-order valence-corrected chi connectivity index (χ0v) is 12.7. The molecule has 0 aliphatic heterocycles. The maximum Gasteiger partial charge on any atom is 0.243 e. The average Bonchev–Trinajstić information content (AvgIpc) is 2.99. The predicted molar refractivity (Wildman–Crippen MR) is 78.1 cm³/mol. The fourth-order valence-corrected chi connectivity index (χ4v) is 3.84. The molecule has 1 aliphatic rings. The third-order valence-electron chi connectivity index (χ3n) is 3.87. The van der Waals surface area contributed by atoms with Gasteiger partial charge in [0.1, 0.15) is 12.2 Å². The molecule has 21 heavy (non-hydrogen) atoms. The summed E-state index contributed by atoms with van der Waals surface area (Å²) < 4.78 is 26.5. The van der Waals surface area contributed by atoms with E-state index in [0.717, 1.165) is 24.8 Å². The van der Waals surface area contributed by atoms with Crippen LogP contribution in [0.25, 0.3) is 0 Å². The Balaban J connectivity index is 1.87. The van der Waals surface area contributed by atoms with Gasteiger partial charge >= 0.3 is 0 Å². The molecule has 0 saturated carbocycles. The number of sulfonamides is 1. The molecular weight excluding hydrogens is 288 g/mol. The summed E-state index contributed by atoms with van der Waals surface area (Å²) >= 11 is 0. The van der Waals surface area contributed by atoms with Gasteiger partial charge in [-0.15, -0.1) is 0 Å². The van der Waals surface area contributed by atoms with Gasteiger partial charge in [0.05, 0.1) is 11.4 Å². The molecule has 7 heteroatoms. The number of hydrogen-bond donors (Lipinski definition) is 1. The van der Waals surface area contributed by atoms with E-state index in [-0.39, 0.29) is 6.54 Å². The van der Waals surface area contributed by atoms with Crippen molar-refractivity contribution in [3.63, 3.8) is 0 Å². The number of aromatic amines is 1. The van der Waals surface area contributed by atoms with Gasteiger partial charge in [-0.1, -0.05) is 6.07 Å². The molecule has 1 aromatic heterocycles. The van der Waals surface area contributed by atoms with Crippen LogP contribution < -0.4 is 0 Å². The molecule has 1 N–H and O–H groups in total. The average molecular weight is 306 g/mol. The van der Waals surface area contributed by atoms with Crippen molar-refractivity contribution in [2.75, 3.05) is 7.05 Å². The van der Waals surface area contributed by atoms with Crippen molar-refractivity contribution in [1.29, 1.82) is 0 Å². The number of nitrogens with zero attached hydrogens (tertiary/aromatic N) is 3.